The van der Waals surface area contributed by atoms with Crippen LogP contribution in [0.1, 0.15) is 17.0 Å². The van der Waals surface area contributed by atoms with Crippen LogP contribution in [0.2, 0.25) is 0 Å². The van der Waals surface area contributed by atoms with Crippen LogP contribution < -0.4 is 5.32 Å². The van der Waals surface area contributed by atoms with Gasteiger partial charge in [-0.2, -0.15) is 5.10 Å². The summed E-state index contributed by atoms with van der Waals surface area (Å²) in [6.07, 6.45) is 3.19. The van der Waals surface area contributed by atoms with Crippen LogP contribution in [0.15, 0.2) is 47.8 Å². The Hall–Kier alpha value is -2.74. The van der Waals surface area contributed by atoms with Crippen molar-refractivity contribution in [3.8, 4) is 5.82 Å². The molecule has 0 aliphatic rings. The second-order valence-corrected chi connectivity index (χ2v) is 6.68. The number of aromatic nitrogens is 4. The van der Waals surface area contributed by atoms with Gasteiger partial charge in [0.2, 0.25) is 5.91 Å². The summed E-state index contributed by atoms with van der Waals surface area (Å²) >= 11 is 1.30. The van der Waals surface area contributed by atoms with E-state index in [0.29, 0.717) is 17.4 Å². The minimum atomic E-state index is -0.296. The van der Waals surface area contributed by atoms with Gasteiger partial charge < -0.3 is 5.32 Å². The Morgan fingerprint density at radius 2 is 1.92 bits per heavy atom. The number of hydrogen-bond acceptors (Lipinski definition) is 5. The van der Waals surface area contributed by atoms with Gasteiger partial charge in [-0.1, -0.05) is 23.9 Å². The van der Waals surface area contributed by atoms with E-state index in [1.54, 1.807) is 29.2 Å². The standard InChI is InChI=1S/C18H18FN5OS/c1-12-9-13(2)24(23-12)17-18(21-8-7-20-17)26-11-16(25)22-10-14-3-5-15(19)6-4-14/h3-9H,10-11H2,1-2H3,(H,22,25). The first-order valence-electron chi connectivity index (χ1n) is 8.01. The summed E-state index contributed by atoms with van der Waals surface area (Å²) in [6, 6.07) is 7.99. The number of halogens is 1. The normalized spacial score (nSPS) is 10.7. The fourth-order valence-corrected chi connectivity index (χ4v) is 3.17. The van der Waals surface area contributed by atoms with E-state index in [1.165, 1.54) is 23.9 Å². The molecule has 1 N–H and O–H groups in total. The maximum Gasteiger partial charge on any atom is 0.230 e. The summed E-state index contributed by atoms with van der Waals surface area (Å²) < 4.78 is 14.6. The van der Waals surface area contributed by atoms with Crippen molar-refractivity contribution < 1.29 is 9.18 Å². The van der Waals surface area contributed by atoms with E-state index in [4.69, 9.17) is 0 Å². The molecule has 0 aliphatic heterocycles. The van der Waals surface area contributed by atoms with Gasteiger partial charge in [0.25, 0.3) is 0 Å². The van der Waals surface area contributed by atoms with Gasteiger partial charge in [-0.25, -0.2) is 19.0 Å². The molecule has 0 unspecified atom stereocenters. The lowest BCUT2D eigenvalue weighted by molar-refractivity contribution is -0.118. The molecule has 0 radical (unpaired) electrons. The third-order valence-electron chi connectivity index (χ3n) is 3.60. The molecule has 3 rings (SSSR count). The fourth-order valence-electron chi connectivity index (χ4n) is 2.40. The molecular weight excluding hydrogens is 353 g/mol. The average Bonchev–Trinajstić information content (AvgIpc) is 2.98. The monoisotopic (exact) mass is 371 g/mol. The minimum absolute atomic E-state index is 0.135. The molecule has 0 spiro atoms. The van der Waals surface area contributed by atoms with Crippen LogP contribution in [0.3, 0.4) is 0 Å². The van der Waals surface area contributed by atoms with E-state index in [-0.39, 0.29) is 17.5 Å². The summed E-state index contributed by atoms with van der Waals surface area (Å²) in [4.78, 5) is 20.8. The van der Waals surface area contributed by atoms with Gasteiger partial charge >= 0.3 is 0 Å². The van der Waals surface area contributed by atoms with Gasteiger partial charge in [0, 0.05) is 24.6 Å². The van der Waals surface area contributed by atoms with E-state index in [1.807, 2.05) is 19.9 Å². The Kier molecular flexibility index (Phi) is 5.62. The van der Waals surface area contributed by atoms with Crippen LogP contribution in [0.4, 0.5) is 4.39 Å². The van der Waals surface area contributed by atoms with E-state index in [9.17, 15) is 9.18 Å². The van der Waals surface area contributed by atoms with E-state index in [0.717, 1.165) is 17.0 Å². The zero-order chi connectivity index (χ0) is 18.5. The lowest BCUT2D eigenvalue weighted by Gasteiger charge is -2.09. The highest BCUT2D eigenvalue weighted by molar-refractivity contribution is 8.00. The van der Waals surface area contributed by atoms with Crippen molar-refractivity contribution in [3.05, 3.63) is 65.5 Å². The molecular formula is C18H18FN5OS. The number of nitrogens with zero attached hydrogens (tertiary/aromatic N) is 4. The van der Waals surface area contributed by atoms with Gasteiger partial charge in [0.05, 0.1) is 11.4 Å². The van der Waals surface area contributed by atoms with Crippen LogP contribution in [-0.2, 0) is 11.3 Å². The largest absolute Gasteiger partial charge is 0.351 e. The summed E-state index contributed by atoms with van der Waals surface area (Å²) in [7, 11) is 0. The quantitative estimate of drug-likeness (QED) is 0.675. The fraction of sp³-hybridized carbons (Fsp3) is 0.222. The lowest BCUT2D eigenvalue weighted by atomic mass is 10.2. The average molecular weight is 371 g/mol. The van der Waals surface area contributed by atoms with E-state index < -0.39 is 0 Å². The molecule has 134 valence electrons. The minimum Gasteiger partial charge on any atom is -0.351 e. The predicted octanol–water partition coefficient (Wildman–Crippen LogP) is 2.83. The summed E-state index contributed by atoms with van der Waals surface area (Å²) in [5.74, 6) is 0.375. The number of nitrogens with one attached hydrogen (secondary N) is 1. The molecule has 2 aromatic heterocycles. The molecule has 0 aliphatic carbocycles. The van der Waals surface area contributed by atoms with Crippen LogP contribution in [-0.4, -0.2) is 31.4 Å². The number of carbonyl (C=O) groups is 1. The molecule has 0 saturated heterocycles. The molecule has 1 aromatic carbocycles. The Morgan fingerprint density at radius 1 is 1.19 bits per heavy atom. The first-order chi connectivity index (χ1) is 12.5. The highest BCUT2D eigenvalue weighted by Gasteiger charge is 2.13. The third kappa shape index (κ3) is 4.45. The van der Waals surface area contributed by atoms with Gasteiger partial charge in [-0.15, -0.1) is 0 Å². The molecule has 2 heterocycles. The first kappa shape index (κ1) is 18.1. The van der Waals surface area contributed by atoms with Crippen LogP contribution in [0.5, 0.6) is 0 Å². The Bertz CT molecular complexity index is 910. The summed E-state index contributed by atoms with van der Waals surface area (Å²) in [5, 5.41) is 7.87. The Balaban J connectivity index is 1.62. The lowest BCUT2D eigenvalue weighted by Crippen LogP contribution is -2.24. The second-order valence-electron chi connectivity index (χ2n) is 5.72. The maximum atomic E-state index is 12.9. The molecule has 0 saturated carbocycles. The molecule has 0 fully saturated rings. The topological polar surface area (TPSA) is 72.7 Å². The smallest absolute Gasteiger partial charge is 0.230 e. The number of benzene rings is 1. The van der Waals surface area contributed by atoms with Crippen LogP contribution in [0, 0.1) is 19.7 Å². The molecule has 0 bridgehead atoms. The van der Waals surface area contributed by atoms with Crippen molar-refractivity contribution in [1.29, 1.82) is 0 Å². The summed E-state index contributed by atoms with van der Waals surface area (Å²) in [6.45, 7) is 4.21. The number of carbonyl (C=O) groups excluding carboxylic acids is 1. The number of aryl methyl sites for hydroxylation is 2. The number of rotatable bonds is 6. The number of thioether (sulfide) groups is 1. The van der Waals surface area contributed by atoms with Gasteiger partial charge in [-0.3, -0.25) is 4.79 Å². The molecule has 26 heavy (non-hydrogen) atoms. The Morgan fingerprint density at radius 3 is 2.62 bits per heavy atom. The van der Waals surface area contributed by atoms with Crippen molar-refractivity contribution in [3.63, 3.8) is 0 Å². The van der Waals surface area contributed by atoms with Crippen molar-refractivity contribution in [2.75, 3.05) is 5.75 Å². The molecule has 1 amide bonds. The zero-order valence-corrected chi connectivity index (χ0v) is 15.3. The summed E-state index contributed by atoms with van der Waals surface area (Å²) in [5.41, 5.74) is 2.68. The third-order valence-corrected chi connectivity index (χ3v) is 4.57. The maximum absolute atomic E-state index is 12.9. The van der Waals surface area contributed by atoms with Gasteiger partial charge in [-0.05, 0) is 37.6 Å². The number of amides is 1. The van der Waals surface area contributed by atoms with Crippen LogP contribution >= 0.6 is 11.8 Å². The highest BCUT2D eigenvalue weighted by Crippen LogP contribution is 2.22. The predicted molar refractivity (Wildman–Crippen MR) is 97.6 cm³/mol. The van der Waals surface area contributed by atoms with Crippen molar-refractivity contribution >= 4 is 17.7 Å². The molecule has 8 heteroatoms. The zero-order valence-electron chi connectivity index (χ0n) is 14.4. The molecule has 6 nitrogen and oxygen atoms in total. The van der Waals surface area contributed by atoms with Gasteiger partial charge in [0.1, 0.15) is 10.8 Å². The van der Waals surface area contributed by atoms with Crippen molar-refractivity contribution in [2.45, 2.75) is 25.4 Å². The first-order valence-corrected chi connectivity index (χ1v) is 9.00. The van der Waals surface area contributed by atoms with Crippen molar-refractivity contribution in [2.24, 2.45) is 0 Å². The molecule has 3 aromatic rings. The van der Waals surface area contributed by atoms with E-state index >= 15 is 0 Å². The Labute approximate surface area is 154 Å². The second kappa shape index (κ2) is 8.09. The highest BCUT2D eigenvalue weighted by atomic mass is 32.2. The van der Waals surface area contributed by atoms with Gasteiger partial charge in [0.15, 0.2) is 5.82 Å². The van der Waals surface area contributed by atoms with Crippen molar-refractivity contribution in [1.82, 2.24) is 25.1 Å². The van der Waals surface area contributed by atoms with E-state index in [2.05, 4.69) is 20.4 Å². The van der Waals surface area contributed by atoms with Crippen LogP contribution in [0.25, 0.3) is 5.82 Å². The SMILES string of the molecule is Cc1cc(C)n(-c2nccnc2SCC(=O)NCc2ccc(F)cc2)n1. The molecule has 0 atom stereocenters. The number of hydrogen-bond donors (Lipinski definition) is 1.